The van der Waals surface area contributed by atoms with Crippen molar-refractivity contribution in [3.8, 4) is 5.75 Å². The fourth-order valence-electron chi connectivity index (χ4n) is 2.76. The van der Waals surface area contributed by atoms with Gasteiger partial charge in [-0.25, -0.2) is 0 Å². The van der Waals surface area contributed by atoms with Gasteiger partial charge in [-0.3, -0.25) is 4.79 Å². The predicted molar refractivity (Wildman–Crippen MR) is 99.3 cm³/mol. The number of carbonyl (C=O) groups excluding carboxylic acids is 1. The molecule has 0 saturated carbocycles. The number of nitrogens with zero attached hydrogens (tertiary/aromatic N) is 1. The first-order chi connectivity index (χ1) is 10.6. The molecule has 1 aliphatic heterocycles. The van der Waals surface area contributed by atoms with Gasteiger partial charge in [0.2, 0.25) is 0 Å². The summed E-state index contributed by atoms with van der Waals surface area (Å²) >= 11 is 3.41. The highest BCUT2D eigenvalue weighted by atomic mass is 79.9. The lowest BCUT2D eigenvalue weighted by molar-refractivity contribution is -0.139. The molecule has 1 aliphatic rings. The second-order valence-corrected chi connectivity index (χ2v) is 6.71. The zero-order chi connectivity index (χ0) is 15.9. The molecule has 0 radical (unpaired) electrons. The summed E-state index contributed by atoms with van der Waals surface area (Å²) in [6.45, 7) is 7.69. The van der Waals surface area contributed by atoms with E-state index in [0.29, 0.717) is 5.92 Å². The van der Waals surface area contributed by atoms with Gasteiger partial charge in [-0.15, -0.1) is 12.4 Å². The summed E-state index contributed by atoms with van der Waals surface area (Å²) in [4.78, 5) is 14.4. The molecular formula is C17H26BrClN2O2. The Labute approximate surface area is 153 Å². The second-order valence-electron chi connectivity index (χ2n) is 5.79. The van der Waals surface area contributed by atoms with Gasteiger partial charge in [-0.05, 0) is 57.0 Å². The highest BCUT2D eigenvalue weighted by molar-refractivity contribution is 9.10. The molecule has 1 N–H and O–H groups in total. The Hall–Kier alpha value is -0.780. The second kappa shape index (κ2) is 10.2. The van der Waals surface area contributed by atoms with Crippen LogP contribution in [0.5, 0.6) is 5.75 Å². The molecule has 1 aromatic carbocycles. The number of piperidine rings is 1. The van der Waals surface area contributed by atoms with Crippen LogP contribution in [0.3, 0.4) is 0 Å². The first-order valence-electron chi connectivity index (χ1n) is 8.02. The summed E-state index contributed by atoms with van der Waals surface area (Å²) in [5, 5.41) is 3.39. The van der Waals surface area contributed by atoms with Crippen LogP contribution >= 0.6 is 28.3 Å². The summed E-state index contributed by atoms with van der Waals surface area (Å²) in [6.07, 6.45) is 1.70. The minimum atomic E-state index is -0.445. The smallest absolute Gasteiger partial charge is 0.263 e. The van der Waals surface area contributed by atoms with Crippen molar-refractivity contribution in [1.82, 2.24) is 10.2 Å². The van der Waals surface area contributed by atoms with Gasteiger partial charge in [0.25, 0.3) is 5.91 Å². The van der Waals surface area contributed by atoms with Crippen LogP contribution in [0.1, 0.15) is 26.7 Å². The molecule has 0 aromatic heterocycles. The van der Waals surface area contributed by atoms with Crippen LogP contribution < -0.4 is 10.1 Å². The highest BCUT2D eigenvalue weighted by Gasteiger charge is 2.26. The number of halogens is 2. The molecule has 0 bridgehead atoms. The molecule has 4 nitrogen and oxygen atoms in total. The van der Waals surface area contributed by atoms with Crippen molar-refractivity contribution >= 4 is 34.2 Å². The monoisotopic (exact) mass is 404 g/mol. The van der Waals surface area contributed by atoms with E-state index < -0.39 is 6.10 Å². The van der Waals surface area contributed by atoms with Crippen LogP contribution in [-0.4, -0.2) is 43.1 Å². The van der Waals surface area contributed by atoms with E-state index in [0.717, 1.165) is 49.2 Å². The molecule has 1 heterocycles. The SMILES string of the molecule is CCNCC1CCN(C(=O)C(C)Oc2cccc(Br)c2)CC1.Cl. The molecule has 1 amide bonds. The van der Waals surface area contributed by atoms with Crippen LogP contribution in [0.15, 0.2) is 28.7 Å². The van der Waals surface area contributed by atoms with Crippen molar-refractivity contribution in [2.24, 2.45) is 5.92 Å². The Kier molecular flexibility index (Phi) is 8.95. The van der Waals surface area contributed by atoms with Crippen LogP contribution in [0.4, 0.5) is 0 Å². The first kappa shape index (κ1) is 20.3. The predicted octanol–water partition coefficient (Wildman–Crippen LogP) is 3.49. The van der Waals surface area contributed by atoms with Crippen molar-refractivity contribution in [1.29, 1.82) is 0 Å². The zero-order valence-electron chi connectivity index (χ0n) is 13.8. The Morgan fingerprint density at radius 3 is 2.74 bits per heavy atom. The Morgan fingerprint density at radius 2 is 2.13 bits per heavy atom. The number of likely N-dealkylation sites (tertiary alicyclic amines) is 1. The Morgan fingerprint density at radius 1 is 1.43 bits per heavy atom. The average molecular weight is 406 g/mol. The third kappa shape index (κ3) is 6.32. The lowest BCUT2D eigenvalue weighted by atomic mass is 9.96. The topological polar surface area (TPSA) is 41.6 Å². The van der Waals surface area contributed by atoms with E-state index in [1.165, 1.54) is 0 Å². The van der Waals surface area contributed by atoms with E-state index >= 15 is 0 Å². The summed E-state index contributed by atoms with van der Waals surface area (Å²) in [5.74, 6) is 1.49. The van der Waals surface area contributed by atoms with Crippen LogP contribution in [-0.2, 0) is 4.79 Å². The average Bonchev–Trinajstić information content (AvgIpc) is 2.52. The van der Waals surface area contributed by atoms with Gasteiger partial charge in [-0.2, -0.15) is 0 Å². The van der Waals surface area contributed by atoms with Gasteiger partial charge in [-0.1, -0.05) is 28.9 Å². The lowest BCUT2D eigenvalue weighted by Gasteiger charge is -2.33. The maximum absolute atomic E-state index is 12.5. The minimum absolute atomic E-state index is 0. The van der Waals surface area contributed by atoms with Crippen LogP contribution in [0, 0.1) is 5.92 Å². The van der Waals surface area contributed by atoms with Gasteiger partial charge < -0.3 is 15.0 Å². The van der Waals surface area contributed by atoms with Gasteiger partial charge in [0.05, 0.1) is 0 Å². The number of carbonyl (C=O) groups is 1. The maximum atomic E-state index is 12.5. The molecule has 1 aromatic rings. The summed E-state index contributed by atoms with van der Waals surface area (Å²) in [5.41, 5.74) is 0. The van der Waals surface area contributed by atoms with Gasteiger partial charge in [0.15, 0.2) is 6.10 Å². The molecule has 2 rings (SSSR count). The third-order valence-corrected chi connectivity index (χ3v) is 4.56. The van der Waals surface area contributed by atoms with Gasteiger partial charge in [0.1, 0.15) is 5.75 Å². The number of hydrogen-bond donors (Lipinski definition) is 1. The Bertz CT molecular complexity index is 493. The first-order valence-corrected chi connectivity index (χ1v) is 8.81. The highest BCUT2D eigenvalue weighted by Crippen LogP contribution is 2.21. The molecule has 1 fully saturated rings. The Balaban J connectivity index is 0.00000264. The number of nitrogens with one attached hydrogen (secondary N) is 1. The number of hydrogen-bond acceptors (Lipinski definition) is 3. The molecule has 130 valence electrons. The molecule has 0 spiro atoms. The fraction of sp³-hybridized carbons (Fsp3) is 0.588. The van der Waals surface area contributed by atoms with Crippen molar-refractivity contribution in [3.63, 3.8) is 0 Å². The molecule has 23 heavy (non-hydrogen) atoms. The number of amides is 1. The fourth-order valence-corrected chi connectivity index (χ4v) is 3.14. The van der Waals surface area contributed by atoms with E-state index in [1.54, 1.807) is 0 Å². The molecule has 1 saturated heterocycles. The van der Waals surface area contributed by atoms with Crippen LogP contribution in [0.2, 0.25) is 0 Å². The molecule has 6 heteroatoms. The molecular weight excluding hydrogens is 380 g/mol. The third-order valence-electron chi connectivity index (χ3n) is 4.07. The van der Waals surface area contributed by atoms with Crippen molar-refractivity contribution in [3.05, 3.63) is 28.7 Å². The largest absolute Gasteiger partial charge is 0.481 e. The van der Waals surface area contributed by atoms with Gasteiger partial charge in [0, 0.05) is 17.6 Å². The zero-order valence-corrected chi connectivity index (χ0v) is 16.2. The quantitative estimate of drug-likeness (QED) is 0.788. The molecule has 0 aliphatic carbocycles. The number of benzene rings is 1. The number of rotatable bonds is 6. The lowest BCUT2D eigenvalue weighted by Crippen LogP contribution is -2.45. The van der Waals surface area contributed by atoms with E-state index in [9.17, 15) is 4.79 Å². The van der Waals surface area contributed by atoms with Crippen LogP contribution in [0.25, 0.3) is 0 Å². The van der Waals surface area contributed by atoms with Gasteiger partial charge >= 0.3 is 0 Å². The van der Waals surface area contributed by atoms with E-state index in [2.05, 4.69) is 28.2 Å². The molecule has 1 unspecified atom stereocenters. The normalized spacial score (nSPS) is 16.6. The van der Waals surface area contributed by atoms with Crippen molar-refractivity contribution < 1.29 is 9.53 Å². The van der Waals surface area contributed by atoms with E-state index in [1.807, 2.05) is 36.1 Å². The number of ether oxygens (including phenoxy) is 1. The minimum Gasteiger partial charge on any atom is -0.481 e. The van der Waals surface area contributed by atoms with E-state index in [-0.39, 0.29) is 18.3 Å². The summed E-state index contributed by atoms with van der Waals surface area (Å²) < 4.78 is 6.72. The summed E-state index contributed by atoms with van der Waals surface area (Å²) in [7, 11) is 0. The van der Waals surface area contributed by atoms with E-state index in [4.69, 9.17) is 4.74 Å². The maximum Gasteiger partial charge on any atom is 0.263 e. The summed E-state index contributed by atoms with van der Waals surface area (Å²) in [6, 6.07) is 7.60. The molecule has 1 atom stereocenters. The van der Waals surface area contributed by atoms with Crippen molar-refractivity contribution in [2.45, 2.75) is 32.8 Å². The van der Waals surface area contributed by atoms with Crippen molar-refractivity contribution in [2.75, 3.05) is 26.2 Å². The standard InChI is InChI=1S/C17H25BrN2O2.ClH/c1-3-19-12-14-7-9-20(10-8-14)17(21)13(2)22-16-6-4-5-15(18)11-16;/h4-6,11,13-14,19H,3,7-10,12H2,1-2H3;1H.